The summed E-state index contributed by atoms with van der Waals surface area (Å²) >= 11 is 1.84. The maximum Gasteiger partial charge on any atom is 0.274 e. The standard InChI is InChI=1S/C15H20N4O3S/c1-18(2)13(20)7-22-11-5-15(23-8-11)9-19(10-15)14(21)12-6-16-3-4-17-12/h3-4,6,11H,5,7-10H2,1-2H3. The third-order valence-electron chi connectivity index (χ3n) is 4.14. The van der Waals surface area contributed by atoms with Crippen LogP contribution >= 0.6 is 11.8 Å². The minimum atomic E-state index is -0.0727. The first-order valence-electron chi connectivity index (χ1n) is 7.50. The summed E-state index contributed by atoms with van der Waals surface area (Å²) in [5.41, 5.74) is 0.384. The largest absolute Gasteiger partial charge is 0.367 e. The third-order valence-corrected chi connectivity index (χ3v) is 5.72. The van der Waals surface area contributed by atoms with Gasteiger partial charge < -0.3 is 14.5 Å². The second kappa shape index (κ2) is 6.45. The van der Waals surface area contributed by atoms with Crippen molar-refractivity contribution < 1.29 is 14.3 Å². The van der Waals surface area contributed by atoms with Crippen molar-refractivity contribution in [2.45, 2.75) is 17.3 Å². The van der Waals surface area contributed by atoms with Gasteiger partial charge in [-0.15, -0.1) is 11.8 Å². The number of carbonyl (C=O) groups is 2. The van der Waals surface area contributed by atoms with E-state index in [0.29, 0.717) is 18.8 Å². The molecule has 2 saturated heterocycles. The van der Waals surface area contributed by atoms with Crippen LogP contribution in [0.15, 0.2) is 18.6 Å². The van der Waals surface area contributed by atoms with Gasteiger partial charge in [0.1, 0.15) is 12.3 Å². The van der Waals surface area contributed by atoms with E-state index in [1.54, 1.807) is 25.2 Å². The monoisotopic (exact) mass is 336 g/mol. The second-order valence-corrected chi connectivity index (χ2v) is 7.66. The molecule has 3 rings (SSSR count). The van der Waals surface area contributed by atoms with Gasteiger partial charge in [0, 0.05) is 45.3 Å². The van der Waals surface area contributed by atoms with Gasteiger partial charge in [-0.2, -0.15) is 0 Å². The highest BCUT2D eigenvalue weighted by Gasteiger charge is 2.51. The zero-order valence-corrected chi connectivity index (χ0v) is 14.1. The predicted molar refractivity (Wildman–Crippen MR) is 86.2 cm³/mol. The first-order valence-corrected chi connectivity index (χ1v) is 8.49. The van der Waals surface area contributed by atoms with E-state index in [1.165, 1.54) is 17.3 Å². The molecule has 124 valence electrons. The molecule has 8 heteroatoms. The molecule has 0 aromatic carbocycles. The fourth-order valence-electron chi connectivity index (χ4n) is 2.81. The van der Waals surface area contributed by atoms with E-state index in [0.717, 1.165) is 12.2 Å². The summed E-state index contributed by atoms with van der Waals surface area (Å²) in [7, 11) is 3.44. The predicted octanol–water partition coefficient (Wildman–Crippen LogP) is 0.281. The molecule has 2 fully saturated rings. The van der Waals surface area contributed by atoms with Gasteiger partial charge in [-0.25, -0.2) is 4.98 Å². The molecule has 1 spiro atoms. The van der Waals surface area contributed by atoms with E-state index >= 15 is 0 Å². The van der Waals surface area contributed by atoms with E-state index in [9.17, 15) is 9.59 Å². The molecule has 2 amide bonds. The van der Waals surface area contributed by atoms with E-state index in [1.807, 2.05) is 11.8 Å². The Bertz CT molecular complexity index is 590. The summed E-state index contributed by atoms with van der Waals surface area (Å²) in [6.45, 7) is 1.53. The molecule has 0 bridgehead atoms. The second-order valence-electron chi connectivity index (χ2n) is 6.17. The molecule has 0 saturated carbocycles. The van der Waals surface area contributed by atoms with Crippen LogP contribution in [0.2, 0.25) is 0 Å². The van der Waals surface area contributed by atoms with Crippen molar-refractivity contribution >= 4 is 23.6 Å². The van der Waals surface area contributed by atoms with E-state index < -0.39 is 0 Å². The zero-order chi connectivity index (χ0) is 16.4. The first kappa shape index (κ1) is 16.2. The SMILES string of the molecule is CN(C)C(=O)COC1CSC2(C1)CN(C(=O)c1cnccn1)C2. The van der Waals surface area contributed by atoms with Crippen LogP contribution in [0.5, 0.6) is 0 Å². The molecule has 3 heterocycles. The maximum atomic E-state index is 12.3. The summed E-state index contributed by atoms with van der Waals surface area (Å²) < 4.78 is 5.77. The highest BCUT2D eigenvalue weighted by Crippen LogP contribution is 2.46. The molecule has 1 aromatic rings. The fourth-order valence-corrected chi connectivity index (χ4v) is 4.36. The molecule has 2 aliphatic rings. The summed E-state index contributed by atoms with van der Waals surface area (Å²) in [5.74, 6) is 0.772. The number of carbonyl (C=O) groups excluding carboxylic acids is 2. The molecule has 0 N–H and O–H groups in total. The fraction of sp³-hybridized carbons (Fsp3) is 0.600. The Balaban J connectivity index is 1.47. The number of ether oxygens (including phenoxy) is 1. The van der Waals surface area contributed by atoms with Crippen molar-refractivity contribution in [2.24, 2.45) is 0 Å². The summed E-state index contributed by atoms with van der Waals surface area (Å²) in [5, 5.41) is 0. The average molecular weight is 336 g/mol. The molecule has 1 aromatic heterocycles. The Morgan fingerprint density at radius 3 is 2.87 bits per heavy atom. The number of likely N-dealkylation sites (N-methyl/N-ethyl adjacent to an activating group) is 1. The van der Waals surface area contributed by atoms with Gasteiger partial charge in [-0.05, 0) is 6.42 Å². The van der Waals surface area contributed by atoms with E-state index in [2.05, 4.69) is 9.97 Å². The highest BCUT2D eigenvalue weighted by molar-refractivity contribution is 8.01. The molecule has 0 aliphatic carbocycles. The normalized spacial score (nSPS) is 22.0. The molecule has 23 heavy (non-hydrogen) atoms. The van der Waals surface area contributed by atoms with Crippen LogP contribution in [-0.2, 0) is 9.53 Å². The Morgan fingerprint density at radius 1 is 1.43 bits per heavy atom. The lowest BCUT2D eigenvalue weighted by Gasteiger charge is -2.47. The topological polar surface area (TPSA) is 75.6 Å². The van der Waals surface area contributed by atoms with Crippen molar-refractivity contribution in [3.8, 4) is 0 Å². The lowest BCUT2D eigenvalue weighted by molar-refractivity contribution is -0.135. The van der Waals surface area contributed by atoms with Crippen LogP contribution in [0.4, 0.5) is 0 Å². The number of hydrogen-bond acceptors (Lipinski definition) is 6. The van der Waals surface area contributed by atoms with Crippen molar-refractivity contribution in [3.05, 3.63) is 24.3 Å². The molecule has 0 radical (unpaired) electrons. The minimum absolute atomic E-state index is 0.0241. The molecular weight excluding hydrogens is 316 g/mol. The van der Waals surface area contributed by atoms with Crippen molar-refractivity contribution in [1.29, 1.82) is 0 Å². The van der Waals surface area contributed by atoms with Gasteiger partial charge >= 0.3 is 0 Å². The van der Waals surface area contributed by atoms with E-state index in [-0.39, 0.29) is 29.3 Å². The maximum absolute atomic E-state index is 12.3. The number of nitrogens with zero attached hydrogens (tertiary/aromatic N) is 4. The van der Waals surface area contributed by atoms with Gasteiger partial charge in [0.05, 0.1) is 17.0 Å². The third kappa shape index (κ3) is 3.48. The lowest BCUT2D eigenvalue weighted by atomic mass is 9.92. The van der Waals surface area contributed by atoms with Crippen LogP contribution in [-0.4, -0.2) is 82.0 Å². The average Bonchev–Trinajstić information content (AvgIpc) is 2.96. The smallest absolute Gasteiger partial charge is 0.274 e. The minimum Gasteiger partial charge on any atom is -0.367 e. The Morgan fingerprint density at radius 2 is 2.22 bits per heavy atom. The van der Waals surface area contributed by atoms with E-state index in [4.69, 9.17) is 4.74 Å². The van der Waals surface area contributed by atoms with Crippen molar-refractivity contribution in [3.63, 3.8) is 0 Å². The Hall–Kier alpha value is -1.67. The number of aromatic nitrogens is 2. The number of amides is 2. The number of hydrogen-bond donors (Lipinski definition) is 0. The Kier molecular flexibility index (Phi) is 4.54. The van der Waals surface area contributed by atoms with Crippen LogP contribution < -0.4 is 0 Å². The van der Waals surface area contributed by atoms with Crippen LogP contribution in [0.1, 0.15) is 16.9 Å². The molecular formula is C15H20N4O3S. The molecule has 7 nitrogen and oxygen atoms in total. The molecule has 2 aliphatic heterocycles. The summed E-state index contributed by atoms with van der Waals surface area (Å²) in [6.07, 6.45) is 5.53. The number of likely N-dealkylation sites (tertiary alicyclic amines) is 1. The Labute approximate surface area is 139 Å². The summed E-state index contributed by atoms with van der Waals surface area (Å²) in [6, 6.07) is 0. The quantitative estimate of drug-likeness (QED) is 0.786. The van der Waals surface area contributed by atoms with Gasteiger partial charge in [0.2, 0.25) is 5.91 Å². The van der Waals surface area contributed by atoms with Gasteiger partial charge in [-0.3, -0.25) is 14.6 Å². The molecule has 1 unspecified atom stereocenters. The van der Waals surface area contributed by atoms with Crippen LogP contribution in [0, 0.1) is 0 Å². The van der Waals surface area contributed by atoms with Gasteiger partial charge in [0.15, 0.2) is 0 Å². The highest BCUT2D eigenvalue weighted by atomic mass is 32.2. The van der Waals surface area contributed by atoms with Crippen LogP contribution in [0.25, 0.3) is 0 Å². The van der Waals surface area contributed by atoms with Crippen LogP contribution in [0.3, 0.4) is 0 Å². The zero-order valence-electron chi connectivity index (χ0n) is 13.3. The van der Waals surface area contributed by atoms with Crippen molar-refractivity contribution in [2.75, 3.05) is 39.5 Å². The lowest BCUT2D eigenvalue weighted by Crippen LogP contribution is -2.60. The summed E-state index contributed by atoms with van der Waals surface area (Å²) in [4.78, 5) is 35.1. The number of rotatable bonds is 4. The van der Waals surface area contributed by atoms with Gasteiger partial charge in [-0.1, -0.05) is 0 Å². The number of thioether (sulfide) groups is 1. The van der Waals surface area contributed by atoms with Gasteiger partial charge in [0.25, 0.3) is 5.91 Å². The molecule has 1 atom stereocenters. The van der Waals surface area contributed by atoms with Crippen molar-refractivity contribution in [1.82, 2.24) is 19.8 Å². The first-order chi connectivity index (χ1) is 11.0.